The number of nitrogens with one attached hydrogen (secondary N) is 1. The topological polar surface area (TPSA) is 75.0 Å². The minimum atomic E-state index is -0.171. The SMILES string of the molecule is CN(C(=O)c1ccn[nH]1)c1ccccc1N. The number of para-hydroxylation sites is 2. The molecule has 0 aliphatic rings. The Balaban J connectivity index is 2.30. The van der Waals surface area contributed by atoms with Crippen LogP contribution >= 0.6 is 0 Å². The number of nitrogens with two attached hydrogens (primary N) is 1. The monoisotopic (exact) mass is 216 g/mol. The Bertz CT molecular complexity index is 492. The number of aromatic amines is 1. The lowest BCUT2D eigenvalue weighted by atomic mass is 10.2. The molecule has 0 bridgehead atoms. The molecule has 1 aromatic heterocycles. The number of rotatable bonds is 2. The van der Waals surface area contributed by atoms with Crippen molar-refractivity contribution >= 4 is 17.3 Å². The first-order chi connectivity index (χ1) is 7.70. The summed E-state index contributed by atoms with van der Waals surface area (Å²) in [6.45, 7) is 0. The van der Waals surface area contributed by atoms with Gasteiger partial charge in [-0.2, -0.15) is 5.10 Å². The summed E-state index contributed by atoms with van der Waals surface area (Å²) in [5, 5.41) is 6.36. The van der Waals surface area contributed by atoms with E-state index in [-0.39, 0.29) is 5.91 Å². The Labute approximate surface area is 92.9 Å². The summed E-state index contributed by atoms with van der Waals surface area (Å²) >= 11 is 0. The average molecular weight is 216 g/mol. The first kappa shape index (κ1) is 10.2. The highest BCUT2D eigenvalue weighted by molar-refractivity contribution is 6.05. The van der Waals surface area contributed by atoms with Gasteiger partial charge in [0.2, 0.25) is 0 Å². The molecule has 3 N–H and O–H groups in total. The molecule has 5 nitrogen and oxygen atoms in total. The Kier molecular flexibility index (Phi) is 2.59. The van der Waals surface area contributed by atoms with Crippen LogP contribution in [0.4, 0.5) is 11.4 Å². The summed E-state index contributed by atoms with van der Waals surface area (Å²) in [4.78, 5) is 13.4. The van der Waals surface area contributed by atoms with Gasteiger partial charge in [0.15, 0.2) is 0 Å². The summed E-state index contributed by atoms with van der Waals surface area (Å²) in [6.07, 6.45) is 1.54. The highest BCUT2D eigenvalue weighted by atomic mass is 16.2. The average Bonchev–Trinajstić information content (AvgIpc) is 2.81. The van der Waals surface area contributed by atoms with Crippen LogP contribution in [0.2, 0.25) is 0 Å². The summed E-state index contributed by atoms with van der Waals surface area (Å²) in [5.41, 5.74) is 7.48. The van der Waals surface area contributed by atoms with E-state index < -0.39 is 0 Å². The molecule has 5 heteroatoms. The molecule has 0 radical (unpaired) electrons. The molecule has 1 heterocycles. The quantitative estimate of drug-likeness (QED) is 0.742. The van der Waals surface area contributed by atoms with Crippen molar-refractivity contribution in [3.63, 3.8) is 0 Å². The van der Waals surface area contributed by atoms with Crippen molar-refractivity contribution in [2.45, 2.75) is 0 Å². The molecule has 82 valence electrons. The van der Waals surface area contributed by atoms with Gasteiger partial charge >= 0.3 is 0 Å². The first-order valence-electron chi connectivity index (χ1n) is 4.82. The maximum Gasteiger partial charge on any atom is 0.276 e. The van der Waals surface area contributed by atoms with Gasteiger partial charge in [0, 0.05) is 13.2 Å². The van der Waals surface area contributed by atoms with E-state index in [2.05, 4.69) is 10.2 Å². The fourth-order valence-corrected chi connectivity index (χ4v) is 1.46. The molecule has 2 rings (SSSR count). The van der Waals surface area contributed by atoms with Crippen LogP contribution in [0.1, 0.15) is 10.5 Å². The zero-order valence-corrected chi connectivity index (χ0v) is 8.84. The zero-order valence-electron chi connectivity index (χ0n) is 8.84. The number of anilines is 2. The Morgan fingerprint density at radius 3 is 2.75 bits per heavy atom. The van der Waals surface area contributed by atoms with Gasteiger partial charge in [-0.3, -0.25) is 9.89 Å². The van der Waals surface area contributed by atoms with Crippen molar-refractivity contribution in [1.29, 1.82) is 0 Å². The molecule has 0 aliphatic heterocycles. The van der Waals surface area contributed by atoms with Gasteiger partial charge in [0.1, 0.15) is 5.69 Å². The maximum absolute atomic E-state index is 12.0. The molecule has 0 saturated heterocycles. The molecular weight excluding hydrogens is 204 g/mol. The molecule has 0 aliphatic carbocycles. The minimum absolute atomic E-state index is 0.171. The molecule has 0 atom stereocenters. The lowest BCUT2D eigenvalue weighted by molar-refractivity contribution is 0.0988. The maximum atomic E-state index is 12.0. The van der Waals surface area contributed by atoms with Crippen LogP contribution in [0.15, 0.2) is 36.5 Å². The molecular formula is C11H12N4O. The fourth-order valence-electron chi connectivity index (χ4n) is 1.46. The van der Waals surface area contributed by atoms with Gasteiger partial charge in [0.25, 0.3) is 5.91 Å². The van der Waals surface area contributed by atoms with E-state index in [9.17, 15) is 4.79 Å². The standard InChI is InChI=1S/C11H12N4O/c1-15(10-5-3-2-4-8(10)12)11(16)9-6-7-13-14-9/h2-7H,12H2,1H3,(H,13,14). The smallest absolute Gasteiger partial charge is 0.276 e. The van der Waals surface area contributed by atoms with Gasteiger partial charge < -0.3 is 10.6 Å². The predicted octanol–water partition coefficient (Wildman–Crippen LogP) is 1.27. The first-order valence-corrected chi connectivity index (χ1v) is 4.82. The van der Waals surface area contributed by atoms with Gasteiger partial charge in [-0.15, -0.1) is 0 Å². The van der Waals surface area contributed by atoms with Crippen molar-refractivity contribution in [3.8, 4) is 0 Å². The van der Waals surface area contributed by atoms with Crippen LogP contribution < -0.4 is 10.6 Å². The van der Waals surface area contributed by atoms with Gasteiger partial charge in [0.05, 0.1) is 11.4 Å². The highest BCUT2D eigenvalue weighted by Gasteiger charge is 2.15. The van der Waals surface area contributed by atoms with Gasteiger partial charge in [-0.05, 0) is 18.2 Å². The molecule has 1 amide bonds. The highest BCUT2D eigenvalue weighted by Crippen LogP contribution is 2.22. The third-order valence-electron chi connectivity index (χ3n) is 2.33. The lowest BCUT2D eigenvalue weighted by Crippen LogP contribution is -2.27. The van der Waals surface area contributed by atoms with Gasteiger partial charge in [-0.25, -0.2) is 0 Å². The number of amides is 1. The molecule has 0 saturated carbocycles. The normalized spacial score (nSPS) is 10.1. The fraction of sp³-hybridized carbons (Fsp3) is 0.0909. The predicted molar refractivity (Wildman–Crippen MR) is 62.2 cm³/mol. The van der Waals surface area contributed by atoms with Crippen molar-refractivity contribution < 1.29 is 4.79 Å². The zero-order chi connectivity index (χ0) is 11.5. The number of carbonyl (C=O) groups excluding carboxylic acids is 1. The van der Waals surface area contributed by atoms with Gasteiger partial charge in [-0.1, -0.05) is 12.1 Å². The van der Waals surface area contributed by atoms with Crippen LogP contribution in [-0.2, 0) is 0 Å². The number of H-pyrrole nitrogens is 1. The number of aromatic nitrogens is 2. The molecule has 0 fully saturated rings. The second-order valence-corrected chi connectivity index (χ2v) is 3.39. The summed E-state index contributed by atoms with van der Waals surface area (Å²) < 4.78 is 0. The summed E-state index contributed by atoms with van der Waals surface area (Å²) in [6, 6.07) is 8.84. The van der Waals surface area contributed by atoms with Crippen LogP contribution in [0, 0.1) is 0 Å². The number of nitrogen functional groups attached to an aromatic ring is 1. The van der Waals surface area contributed by atoms with Crippen LogP contribution in [0.3, 0.4) is 0 Å². The number of carbonyl (C=O) groups is 1. The number of benzene rings is 1. The van der Waals surface area contributed by atoms with E-state index >= 15 is 0 Å². The Morgan fingerprint density at radius 2 is 2.12 bits per heavy atom. The molecule has 1 aromatic carbocycles. The van der Waals surface area contributed by atoms with Crippen LogP contribution in [-0.4, -0.2) is 23.2 Å². The Hall–Kier alpha value is -2.30. The lowest BCUT2D eigenvalue weighted by Gasteiger charge is -2.17. The number of nitrogens with zero attached hydrogens (tertiary/aromatic N) is 2. The minimum Gasteiger partial charge on any atom is -0.397 e. The molecule has 16 heavy (non-hydrogen) atoms. The third-order valence-corrected chi connectivity index (χ3v) is 2.33. The Morgan fingerprint density at radius 1 is 1.38 bits per heavy atom. The van der Waals surface area contributed by atoms with E-state index in [4.69, 9.17) is 5.73 Å². The van der Waals surface area contributed by atoms with Crippen LogP contribution in [0.25, 0.3) is 0 Å². The second-order valence-electron chi connectivity index (χ2n) is 3.39. The molecule has 2 aromatic rings. The van der Waals surface area contributed by atoms with E-state index in [0.29, 0.717) is 17.1 Å². The van der Waals surface area contributed by atoms with E-state index in [0.717, 1.165) is 0 Å². The largest absolute Gasteiger partial charge is 0.397 e. The summed E-state index contributed by atoms with van der Waals surface area (Å²) in [5.74, 6) is -0.171. The van der Waals surface area contributed by atoms with E-state index in [1.807, 2.05) is 12.1 Å². The number of hydrogen-bond acceptors (Lipinski definition) is 3. The van der Waals surface area contributed by atoms with Crippen molar-refractivity contribution in [1.82, 2.24) is 10.2 Å². The van der Waals surface area contributed by atoms with Crippen molar-refractivity contribution in [2.75, 3.05) is 17.7 Å². The number of hydrogen-bond donors (Lipinski definition) is 2. The third kappa shape index (κ3) is 1.75. The van der Waals surface area contributed by atoms with Crippen LogP contribution in [0.5, 0.6) is 0 Å². The molecule has 0 spiro atoms. The van der Waals surface area contributed by atoms with Crippen molar-refractivity contribution in [2.24, 2.45) is 0 Å². The molecule has 0 unspecified atom stereocenters. The second kappa shape index (κ2) is 4.06. The van der Waals surface area contributed by atoms with E-state index in [1.54, 1.807) is 25.2 Å². The van der Waals surface area contributed by atoms with E-state index in [1.165, 1.54) is 11.1 Å². The van der Waals surface area contributed by atoms with Crippen molar-refractivity contribution in [3.05, 3.63) is 42.2 Å². The summed E-state index contributed by atoms with van der Waals surface area (Å²) in [7, 11) is 1.68.